The molecule has 25 heavy (non-hydrogen) atoms. The molecule has 5 heteroatoms. The second kappa shape index (κ2) is 7.42. The summed E-state index contributed by atoms with van der Waals surface area (Å²) >= 11 is 12.0. The first-order valence-corrected chi connectivity index (χ1v) is 8.76. The van der Waals surface area contributed by atoms with Gasteiger partial charge < -0.3 is 5.32 Å². The lowest BCUT2D eigenvalue weighted by atomic mass is 9.99. The van der Waals surface area contributed by atoms with Gasteiger partial charge in [-0.1, -0.05) is 47.5 Å². The highest BCUT2D eigenvalue weighted by atomic mass is 35.5. The first kappa shape index (κ1) is 17.7. The third kappa shape index (κ3) is 3.94. The zero-order valence-corrected chi connectivity index (χ0v) is 15.6. The molecule has 2 aromatic carbocycles. The number of para-hydroxylation sites is 1. The molecule has 0 aliphatic heterocycles. The van der Waals surface area contributed by atoms with E-state index in [0.717, 1.165) is 33.3 Å². The number of fused-ring (bicyclic) bond motifs is 1. The Morgan fingerprint density at radius 3 is 2.64 bits per heavy atom. The van der Waals surface area contributed by atoms with Gasteiger partial charge in [0.2, 0.25) is 5.91 Å². The van der Waals surface area contributed by atoms with Gasteiger partial charge in [0.1, 0.15) is 0 Å². The van der Waals surface area contributed by atoms with Crippen LogP contribution < -0.4 is 5.32 Å². The summed E-state index contributed by atoms with van der Waals surface area (Å²) in [7, 11) is 0. The second-order valence-electron chi connectivity index (χ2n) is 6.01. The number of nitrogens with one attached hydrogen (secondary N) is 1. The maximum absolute atomic E-state index is 12.4. The number of aromatic nitrogens is 1. The summed E-state index contributed by atoms with van der Waals surface area (Å²) in [4.78, 5) is 17.0. The van der Waals surface area contributed by atoms with E-state index in [-0.39, 0.29) is 5.91 Å². The van der Waals surface area contributed by atoms with Crippen molar-refractivity contribution in [2.45, 2.75) is 26.8 Å². The highest BCUT2D eigenvalue weighted by molar-refractivity contribution is 6.35. The van der Waals surface area contributed by atoms with E-state index in [9.17, 15) is 4.79 Å². The largest absolute Gasteiger partial charge is 0.352 e. The highest BCUT2D eigenvalue weighted by Crippen LogP contribution is 2.23. The van der Waals surface area contributed by atoms with Crippen LogP contribution in [0.25, 0.3) is 10.9 Å². The molecule has 1 heterocycles. The second-order valence-corrected chi connectivity index (χ2v) is 6.85. The van der Waals surface area contributed by atoms with Gasteiger partial charge in [0, 0.05) is 27.7 Å². The fourth-order valence-electron chi connectivity index (χ4n) is 2.91. The average molecular weight is 373 g/mol. The van der Waals surface area contributed by atoms with Gasteiger partial charge in [-0.3, -0.25) is 9.78 Å². The van der Waals surface area contributed by atoms with E-state index >= 15 is 0 Å². The maximum Gasteiger partial charge on any atom is 0.224 e. The summed E-state index contributed by atoms with van der Waals surface area (Å²) in [6.45, 7) is 4.35. The number of carbonyl (C=O) groups is 1. The molecule has 0 aliphatic rings. The molecule has 1 aromatic heterocycles. The maximum atomic E-state index is 12.4. The number of hydrogen-bond donors (Lipinski definition) is 1. The van der Waals surface area contributed by atoms with E-state index in [2.05, 4.69) is 10.3 Å². The van der Waals surface area contributed by atoms with Gasteiger partial charge >= 0.3 is 0 Å². The number of carbonyl (C=O) groups excluding carboxylic acids is 1. The van der Waals surface area contributed by atoms with Crippen LogP contribution >= 0.6 is 23.2 Å². The molecule has 0 radical (unpaired) electrons. The van der Waals surface area contributed by atoms with Gasteiger partial charge in [-0.25, -0.2) is 0 Å². The predicted molar refractivity (Wildman–Crippen MR) is 103 cm³/mol. The van der Waals surface area contributed by atoms with Gasteiger partial charge in [0.05, 0.1) is 11.9 Å². The van der Waals surface area contributed by atoms with E-state index in [1.54, 1.807) is 12.1 Å². The molecule has 0 bridgehead atoms. The summed E-state index contributed by atoms with van der Waals surface area (Å²) in [5.41, 5.74) is 4.75. The third-order valence-electron chi connectivity index (χ3n) is 4.31. The number of nitrogens with zero attached hydrogens (tertiary/aromatic N) is 1. The molecule has 1 N–H and O–H groups in total. The zero-order valence-electron chi connectivity index (χ0n) is 14.1. The lowest BCUT2D eigenvalue weighted by Gasteiger charge is -2.13. The molecule has 3 rings (SSSR count). The van der Waals surface area contributed by atoms with E-state index in [0.29, 0.717) is 23.0 Å². The third-order valence-corrected chi connectivity index (χ3v) is 4.90. The van der Waals surface area contributed by atoms with Crippen molar-refractivity contribution in [1.29, 1.82) is 0 Å². The Kier molecular flexibility index (Phi) is 5.26. The summed E-state index contributed by atoms with van der Waals surface area (Å²) in [5.74, 6) is -0.0608. The summed E-state index contributed by atoms with van der Waals surface area (Å²) in [6, 6.07) is 13.2. The summed E-state index contributed by atoms with van der Waals surface area (Å²) in [5, 5.41) is 5.12. The minimum atomic E-state index is -0.0608. The molecule has 0 spiro atoms. The van der Waals surface area contributed by atoms with Gasteiger partial charge in [-0.05, 0) is 48.7 Å². The first-order valence-electron chi connectivity index (χ1n) is 8.01. The molecule has 3 aromatic rings. The van der Waals surface area contributed by atoms with Crippen LogP contribution in [0.15, 0.2) is 42.5 Å². The molecule has 3 nitrogen and oxygen atoms in total. The zero-order chi connectivity index (χ0) is 18.0. The molecule has 128 valence electrons. The van der Waals surface area contributed by atoms with Crippen molar-refractivity contribution in [3.63, 3.8) is 0 Å². The topological polar surface area (TPSA) is 42.0 Å². The van der Waals surface area contributed by atoms with E-state index < -0.39 is 0 Å². The van der Waals surface area contributed by atoms with Crippen molar-refractivity contribution in [2.24, 2.45) is 0 Å². The van der Waals surface area contributed by atoms with Crippen molar-refractivity contribution < 1.29 is 4.79 Å². The number of halogens is 2. The predicted octanol–water partition coefficient (Wildman–Crippen LogP) is 5.02. The number of amides is 1. The summed E-state index contributed by atoms with van der Waals surface area (Å²) < 4.78 is 0. The van der Waals surface area contributed by atoms with Crippen molar-refractivity contribution in [2.75, 3.05) is 0 Å². The Bertz CT molecular complexity index is 954. The molecule has 0 aliphatic carbocycles. The fourth-order valence-corrected chi connectivity index (χ4v) is 3.39. The van der Waals surface area contributed by atoms with E-state index in [4.69, 9.17) is 23.2 Å². The molecule has 0 saturated carbocycles. The average Bonchev–Trinajstić information content (AvgIpc) is 2.58. The van der Waals surface area contributed by atoms with E-state index in [1.807, 2.05) is 44.2 Å². The molecule has 0 saturated heterocycles. The lowest BCUT2D eigenvalue weighted by Crippen LogP contribution is -2.25. The minimum absolute atomic E-state index is 0.0608. The van der Waals surface area contributed by atoms with E-state index in [1.165, 1.54) is 0 Å². The van der Waals surface area contributed by atoms with Crippen molar-refractivity contribution in [1.82, 2.24) is 10.3 Å². The number of rotatable bonds is 4. The Balaban J connectivity index is 1.76. The molecule has 1 amide bonds. The molecular weight excluding hydrogens is 355 g/mol. The Morgan fingerprint density at radius 2 is 1.88 bits per heavy atom. The standard InChI is InChI=1S/C20H18Cl2N2O/c1-12-16-5-3-4-6-19(16)24-13(2)17(12)10-20(25)23-11-14-7-8-15(21)9-18(14)22/h3-9H,10-11H2,1-2H3,(H,23,25). The van der Waals surface area contributed by atoms with Crippen LogP contribution in [-0.2, 0) is 17.8 Å². The monoisotopic (exact) mass is 372 g/mol. The highest BCUT2D eigenvalue weighted by Gasteiger charge is 2.13. The Hall–Kier alpha value is -2.10. The van der Waals surface area contributed by atoms with Crippen LogP contribution in [0.4, 0.5) is 0 Å². The van der Waals surface area contributed by atoms with Crippen molar-refractivity contribution in [3.05, 3.63) is 74.9 Å². The minimum Gasteiger partial charge on any atom is -0.352 e. The van der Waals surface area contributed by atoms with Crippen LogP contribution in [0, 0.1) is 13.8 Å². The quantitative estimate of drug-likeness (QED) is 0.698. The lowest BCUT2D eigenvalue weighted by molar-refractivity contribution is -0.120. The van der Waals surface area contributed by atoms with Crippen LogP contribution in [0.2, 0.25) is 10.0 Å². The number of benzene rings is 2. The normalized spacial score (nSPS) is 10.9. The van der Waals surface area contributed by atoms with Crippen molar-refractivity contribution in [3.8, 4) is 0 Å². The van der Waals surface area contributed by atoms with Gasteiger partial charge in [0.25, 0.3) is 0 Å². The smallest absolute Gasteiger partial charge is 0.224 e. The van der Waals surface area contributed by atoms with Gasteiger partial charge in [-0.2, -0.15) is 0 Å². The number of aryl methyl sites for hydroxylation is 2. The van der Waals surface area contributed by atoms with Crippen molar-refractivity contribution >= 4 is 40.0 Å². The fraction of sp³-hybridized carbons (Fsp3) is 0.200. The van der Waals surface area contributed by atoms with Gasteiger partial charge in [0.15, 0.2) is 0 Å². The molecule has 0 unspecified atom stereocenters. The van der Waals surface area contributed by atoms with Crippen LogP contribution in [0.5, 0.6) is 0 Å². The number of pyridine rings is 1. The van der Waals surface area contributed by atoms with Crippen LogP contribution in [0.3, 0.4) is 0 Å². The number of hydrogen-bond acceptors (Lipinski definition) is 2. The van der Waals surface area contributed by atoms with Crippen LogP contribution in [-0.4, -0.2) is 10.9 Å². The Morgan fingerprint density at radius 1 is 1.12 bits per heavy atom. The summed E-state index contributed by atoms with van der Waals surface area (Å²) in [6.07, 6.45) is 0.292. The Labute approximate surface area is 157 Å². The molecule has 0 atom stereocenters. The molecule has 0 fully saturated rings. The first-order chi connectivity index (χ1) is 12.0. The molecular formula is C20H18Cl2N2O. The SMILES string of the molecule is Cc1nc2ccccc2c(C)c1CC(=O)NCc1ccc(Cl)cc1Cl. The van der Waals surface area contributed by atoms with Gasteiger partial charge in [-0.15, -0.1) is 0 Å². The van der Waals surface area contributed by atoms with Crippen LogP contribution in [0.1, 0.15) is 22.4 Å².